The standard InChI is InChI=1S/C9H17NO4/c1-3-14-9(12)6(2)10-7-4-13-5-8(7)11/h6-8,10-11H,3-5H2,1-2H3. The number of esters is 1. The summed E-state index contributed by atoms with van der Waals surface area (Å²) in [6, 6.07) is -0.578. The molecular weight excluding hydrogens is 186 g/mol. The molecule has 1 saturated heterocycles. The topological polar surface area (TPSA) is 67.8 Å². The maximum atomic E-state index is 11.2. The van der Waals surface area contributed by atoms with Gasteiger partial charge in [0.05, 0.1) is 32.0 Å². The monoisotopic (exact) mass is 203 g/mol. The maximum absolute atomic E-state index is 11.2. The lowest BCUT2D eigenvalue weighted by Crippen LogP contribution is -2.47. The lowest BCUT2D eigenvalue weighted by molar-refractivity contribution is -0.145. The van der Waals surface area contributed by atoms with E-state index in [1.54, 1.807) is 13.8 Å². The van der Waals surface area contributed by atoms with Crippen LogP contribution in [0.2, 0.25) is 0 Å². The number of carbonyl (C=O) groups is 1. The molecule has 0 radical (unpaired) electrons. The molecule has 0 saturated carbocycles. The van der Waals surface area contributed by atoms with Crippen LogP contribution in [-0.4, -0.2) is 49.1 Å². The van der Waals surface area contributed by atoms with Crippen molar-refractivity contribution in [3.8, 4) is 0 Å². The van der Waals surface area contributed by atoms with E-state index in [1.165, 1.54) is 0 Å². The molecule has 1 fully saturated rings. The van der Waals surface area contributed by atoms with Gasteiger partial charge in [-0.25, -0.2) is 0 Å². The van der Waals surface area contributed by atoms with E-state index in [9.17, 15) is 9.90 Å². The summed E-state index contributed by atoms with van der Waals surface area (Å²) >= 11 is 0. The van der Waals surface area contributed by atoms with Crippen LogP contribution in [0.1, 0.15) is 13.8 Å². The van der Waals surface area contributed by atoms with Gasteiger partial charge in [0.25, 0.3) is 0 Å². The number of carbonyl (C=O) groups excluding carboxylic acids is 1. The molecule has 14 heavy (non-hydrogen) atoms. The van der Waals surface area contributed by atoms with Gasteiger partial charge >= 0.3 is 5.97 Å². The third kappa shape index (κ3) is 2.94. The molecule has 0 aliphatic carbocycles. The van der Waals surface area contributed by atoms with Gasteiger partial charge in [-0.05, 0) is 13.8 Å². The third-order valence-corrected chi connectivity index (χ3v) is 2.15. The molecule has 1 aliphatic heterocycles. The van der Waals surface area contributed by atoms with E-state index >= 15 is 0 Å². The van der Waals surface area contributed by atoms with Gasteiger partial charge in [0, 0.05) is 0 Å². The maximum Gasteiger partial charge on any atom is 0.322 e. The Bertz CT molecular complexity index is 197. The van der Waals surface area contributed by atoms with Crippen LogP contribution in [0, 0.1) is 0 Å². The Balaban J connectivity index is 2.32. The molecule has 0 bridgehead atoms. The highest BCUT2D eigenvalue weighted by Crippen LogP contribution is 2.06. The minimum atomic E-state index is -0.535. The molecule has 0 aromatic carbocycles. The Kier molecular flexibility index (Phi) is 4.31. The van der Waals surface area contributed by atoms with E-state index in [4.69, 9.17) is 9.47 Å². The number of hydrogen-bond donors (Lipinski definition) is 2. The lowest BCUT2D eigenvalue weighted by atomic mass is 10.2. The fraction of sp³-hybridized carbons (Fsp3) is 0.889. The minimum absolute atomic E-state index is 0.172. The van der Waals surface area contributed by atoms with Crippen LogP contribution in [0.5, 0.6) is 0 Å². The van der Waals surface area contributed by atoms with Crippen LogP contribution < -0.4 is 5.32 Å². The van der Waals surface area contributed by atoms with Crippen LogP contribution in [0.15, 0.2) is 0 Å². The molecule has 0 amide bonds. The number of hydrogen-bond acceptors (Lipinski definition) is 5. The molecule has 3 atom stereocenters. The van der Waals surface area contributed by atoms with Crippen LogP contribution in [-0.2, 0) is 14.3 Å². The highest BCUT2D eigenvalue weighted by Gasteiger charge is 2.29. The highest BCUT2D eigenvalue weighted by molar-refractivity contribution is 5.75. The molecule has 3 unspecified atom stereocenters. The van der Waals surface area contributed by atoms with Gasteiger partial charge in [-0.15, -0.1) is 0 Å². The lowest BCUT2D eigenvalue weighted by Gasteiger charge is -2.19. The first kappa shape index (κ1) is 11.4. The summed E-state index contributed by atoms with van der Waals surface area (Å²) in [4.78, 5) is 11.2. The molecule has 5 nitrogen and oxygen atoms in total. The van der Waals surface area contributed by atoms with Crippen LogP contribution in [0.25, 0.3) is 0 Å². The zero-order valence-electron chi connectivity index (χ0n) is 8.53. The van der Waals surface area contributed by atoms with Crippen molar-refractivity contribution < 1.29 is 19.4 Å². The average molecular weight is 203 g/mol. The van der Waals surface area contributed by atoms with Gasteiger partial charge in [-0.2, -0.15) is 0 Å². The smallest absolute Gasteiger partial charge is 0.322 e. The summed E-state index contributed by atoms with van der Waals surface area (Å²) < 4.78 is 9.87. The second-order valence-electron chi connectivity index (χ2n) is 3.35. The van der Waals surface area contributed by atoms with Crippen molar-refractivity contribution >= 4 is 5.97 Å². The Morgan fingerprint density at radius 2 is 2.43 bits per heavy atom. The van der Waals surface area contributed by atoms with Crippen molar-refractivity contribution in [2.24, 2.45) is 0 Å². The fourth-order valence-electron chi connectivity index (χ4n) is 1.36. The Labute approximate surface area is 83.4 Å². The fourth-order valence-corrected chi connectivity index (χ4v) is 1.36. The van der Waals surface area contributed by atoms with Gasteiger partial charge in [0.15, 0.2) is 0 Å². The highest BCUT2D eigenvalue weighted by atomic mass is 16.5. The van der Waals surface area contributed by atoms with Gasteiger partial charge in [0.2, 0.25) is 0 Å². The van der Waals surface area contributed by atoms with Crippen molar-refractivity contribution in [2.45, 2.75) is 32.0 Å². The molecule has 0 aromatic heterocycles. The number of ether oxygens (including phenoxy) is 2. The predicted molar refractivity (Wildman–Crippen MR) is 49.8 cm³/mol. The van der Waals surface area contributed by atoms with Gasteiger partial charge in [-0.3, -0.25) is 10.1 Å². The molecule has 0 aromatic rings. The number of rotatable bonds is 4. The summed E-state index contributed by atoms with van der Waals surface area (Å²) in [5.41, 5.74) is 0. The van der Waals surface area contributed by atoms with Crippen molar-refractivity contribution in [2.75, 3.05) is 19.8 Å². The average Bonchev–Trinajstić information content (AvgIpc) is 2.52. The summed E-state index contributed by atoms with van der Waals surface area (Å²) in [5.74, 6) is -0.299. The largest absolute Gasteiger partial charge is 0.465 e. The van der Waals surface area contributed by atoms with Crippen molar-refractivity contribution in [1.82, 2.24) is 5.32 Å². The molecule has 0 spiro atoms. The van der Waals surface area contributed by atoms with E-state index in [-0.39, 0.29) is 12.0 Å². The molecular formula is C9H17NO4. The van der Waals surface area contributed by atoms with Gasteiger partial charge < -0.3 is 14.6 Å². The van der Waals surface area contributed by atoms with E-state index in [2.05, 4.69) is 5.32 Å². The molecule has 5 heteroatoms. The summed E-state index contributed by atoms with van der Waals surface area (Å²) in [6.07, 6.45) is -0.535. The van der Waals surface area contributed by atoms with E-state index < -0.39 is 12.1 Å². The number of aliphatic hydroxyl groups is 1. The number of nitrogens with one attached hydrogen (secondary N) is 1. The minimum Gasteiger partial charge on any atom is -0.465 e. The summed E-state index contributed by atoms with van der Waals surface area (Å²) in [5, 5.41) is 12.4. The zero-order valence-corrected chi connectivity index (χ0v) is 8.53. The first-order valence-electron chi connectivity index (χ1n) is 4.83. The van der Waals surface area contributed by atoms with Gasteiger partial charge in [-0.1, -0.05) is 0 Å². The van der Waals surface area contributed by atoms with Crippen LogP contribution >= 0.6 is 0 Å². The molecule has 1 aliphatic rings. The predicted octanol–water partition coefficient (Wildman–Crippen LogP) is -0.713. The van der Waals surface area contributed by atoms with Crippen molar-refractivity contribution in [3.63, 3.8) is 0 Å². The van der Waals surface area contributed by atoms with Crippen molar-refractivity contribution in [1.29, 1.82) is 0 Å². The normalized spacial score (nSPS) is 28.8. The van der Waals surface area contributed by atoms with Crippen LogP contribution in [0.4, 0.5) is 0 Å². The quantitative estimate of drug-likeness (QED) is 0.591. The van der Waals surface area contributed by atoms with Crippen LogP contribution in [0.3, 0.4) is 0 Å². The Morgan fingerprint density at radius 1 is 1.71 bits per heavy atom. The Morgan fingerprint density at radius 3 is 2.93 bits per heavy atom. The molecule has 1 heterocycles. The first-order chi connectivity index (χ1) is 6.65. The second-order valence-corrected chi connectivity index (χ2v) is 3.35. The SMILES string of the molecule is CCOC(=O)C(C)NC1COCC1O. The summed E-state index contributed by atoms with van der Waals surface area (Å²) in [7, 11) is 0. The molecule has 82 valence electrons. The third-order valence-electron chi connectivity index (χ3n) is 2.15. The van der Waals surface area contributed by atoms with E-state index in [1.807, 2.05) is 0 Å². The van der Waals surface area contributed by atoms with E-state index in [0.29, 0.717) is 19.8 Å². The number of aliphatic hydroxyl groups excluding tert-OH is 1. The first-order valence-corrected chi connectivity index (χ1v) is 4.83. The zero-order chi connectivity index (χ0) is 10.6. The van der Waals surface area contributed by atoms with E-state index in [0.717, 1.165) is 0 Å². The van der Waals surface area contributed by atoms with Gasteiger partial charge in [0.1, 0.15) is 6.04 Å². The second kappa shape index (κ2) is 5.29. The molecule has 2 N–H and O–H groups in total. The molecule has 1 rings (SSSR count). The summed E-state index contributed by atoms with van der Waals surface area (Å²) in [6.45, 7) is 4.61. The Hall–Kier alpha value is -0.650. The van der Waals surface area contributed by atoms with Crippen molar-refractivity contribution in [3.05, 3.63) is 0 Å².